The number of thiophene rings is 1. The molecule has 0 fully saturated rings. The van der Waals surface area contributed by atoms with Crippen molar-refractivity contribution in [3.8, 4) is 33.4 Å². The van der Waals surface area contributed by atoms with Crippen molar-refractivity contribution in [2.75, 3.05) is 4.90 Å². The van der Waals surface area contributed by atoms with Gasteiger partial charge in [-0.1, -0.05) is 164 Å². The standard InChI is InChI=1S/C56H47NS/c1-54(2,3)45-22-15-23-46-53(45)39-29-27-36(33-47(39)56(46,6)7)57(35-28-30-44-42(32-35)38-18-10-12-21-43(38)55(44,4)5)48-31-26-34-16-8-9-17-37(34)51(48)41-20-14-25-50-52(41)40-19-11-13-24-49(40)58-50/h8-33H,1-7H3. The summed E-state index contributed by atoms with van der Waals surface area (Å²) in [5.41, 5.74) is 18.2. The first-order chi connectivity index (χ1) is 27.9. The zero-order valence-electron chi connectivity index (χ0n) is 34.4. The van der Waals surface area contributed by atoms with Crippen molar-refractivity contribution in [1.82, 2.24) is 0 Å². The molecule has 282 valence electrons. The molecule has 0 aliphatic heterocycles. The zero-order valence-corrected chi connectivity index (χ0v) is 35.2. The van der Waals surface area contributed by atoms with Crippen LogP contribution in [0.4, 0.5) is 17.1 Å². The highest BCUT2D eigenvalue weighted by Gasteiger charge is 2.40. The molecule has 0 saturated heterocycles. The molecule has 2 aliphatic rings. The van der Waals surface area contributed by atoms with Gasteiger partial charge >= 0.3 is 0 Å². The van der Waals surface area contributed by atoms with Gasteiger partial charge < -0.3 is 4.90 Å². The fraction of sp³-hybridized carbons (Fsp3) is 0.179. The van der Waals surface area contributed by atoms with Gasteiger partial charge in [0.25, 0.3) is 0 Å². The molecule has 1 aromatic heterocycles. The van der Waals surface area contributed by atoms with Crippen molar-refractivity contribution in [3.05, 3.63) is 186 Å². The highest BCUT2D eigenvalue weighted by molar-refractivity contribution is 7.25. The smallest absolute Gasteiger partial charge is 0.0546 e. The van der Waals surface area contributed by atoms with Gasteiger partial charge in [0.2, 0.25) is 0 Å². The summed E-state index contributed by atoms with van der Waals surface area (Å²) in [5.74, 6) is 0. The summed E-state index contributed by atoms with van der Waals surface area (Å²) in [4.78, 5) is 2.56. The molecule has 58 heavy (non-hydrogen) atoms. The van der Waals surface area contributed by atoms with E-state index < -0.39 is 0 Å². The van der Waals surface area contributed by atoms with Crippen molar-refractivity contribution in [2.45, 2.75) is 64.7 Å². The molecule has 0 spiro atoms. The Balaban J connectivity index is 1.23. The van der Waals surface area contributed by atoms with Crippen molar-refractivity contribution >= 4 is 59.3 Å². The fourth-order valence-corrected chi connectivity index (χ4v) is 11.7. The molecule has 0 radical (unpaired) electrons. The van der Waals surface area contributed by atoms with Crippen LogP contribution in [0.5, 0.6) is 0 Å². The van der Waals surface area contributed by atoms with E-state index in [1.54, 1.807) is 0 Å². The number of fused-ring (bicyclic) bond motifs is 10. The first-order valence-electron chi connectivity index (χ1n) is 20.7. The molecular weight excluding hydrogens is 719 g/mol. The second kappa shape index (κ2) is 12.3. The summed E-state index contributed by atoms with van der Waals surface area (Å²) in [6.07, 6.45) is 0. The SMILES string of the molecule is CC(C)(C)c1cccc2c1-c1ccc(N(c3ccc4c(c3)-c3ccccc3C4(C)C)c3ccc4ccccc4c3-c3cccc4sc5ccccc5c34)cc1C2(C)C. The van der Waals surface area contributed by atoms with Crippen LogP contribution >= 0.6 is 11.3 Å². The Labute approximate surface area is 346 Å². The Morgan fingerprint density at radius 1 is 0.448 bits per heavy atom. The highest BCUT2D eigenvalue weighted by Crippen LogP contribution is 2.56. The molecule has 0 bridgehead atoms. The molecule has 2 heteroatoms. The van der Waals surface area contributed by atoms with Crippen molar-refractivity contribution in [2.24, 2.45) is 0 Å². The molecule has 0 saturated carbocycles. The van der Waals surface area contributed by atoms with E-state index in [0.29, 0.717) is 0 Å². The highest BCUT2D eigenvalue weighted by atomic mass is 32.1. The second-order valence-corrected chi connectivity index (χ2v) is 19.6. The van der Waals surface area contributed by atoms with Crippen molar-refractivity contribution < 1.29 is 0 Å². The van der Waals surface area contributed by atoms with Gasteiger partial charge in [-0.25, -0.2) is 0 Å². The van der Waals surface area contributed by atoms with Gasteiger partial charge in [-0.15, -0.1) is 11.3 Å². The van der Waals surface area contributed by atoms with E-state index in [1.807, 2.05) is 11.3 Å². The van der Waals surface area contributed by atoms with Crippen LogP contribution < -0.4 is 4.90 Å². The first-order valence-corrected chi connectivity index (χ1v) is 21.5. The van der Waals surface area contributed by atoms with Crippen molar-refractivity contribution in [3.63, 3.8) is 0 Å². The topological polar surface area (TPSA) is 3.24 Å². The average Bonchev–Trinajstić information content (AvgIpc) is 3.80. The van der Waals surface area contributed by atoms with Gasteiger partial charge in [0, 0.05) is 47.9 Å². The lowest BCUT2D eigenvalue weighted by atomic mass is 9.79. The molecule has 0 unspecified atom stereocenters. The molecule has 8 aromatic carbocycles. The van der Waals surface area contributed by atoms with Crippen LogP contribution in [0, 0.1) is 0 Å². The molecule has 9 aromatic rings. The summed E-state index contributed by atoms with van der Waals surface area (Å²) < 4.78 is 2.63. The molecule has 11 rings (SSSR count). The normalized spacial score (nSPS) is 14.7. The molecule has 2 aliphatic carbocycles. The number of nitrogens with zero attached hydrogens (tertiary/aromatic N) is 1. The Morgan fingerprint density at radius 2 is 1.09 bits per heavy atom. The van der Waals surface area contributed by atoms with Crippen LogP contribution in [-0.4, -0.2) is 0 Å². The predicted molar refractivity (Wildman–Crippen MR) is 251 cm³/mol. The molecule has 0 amide bonds. The predicted octanol–water partition coefficient (Wildman–Crippen LogP) is 16.3. The lowest BCUT2D eigenvalue weighted by Crippen LogP contribution is -2.18. The maximum Gasteiger partial charge on any atom is 0.0546 e. The van der Waals surface area contributed by atoms with E-state index in [0.717, 1.165) is 5.69 Å². The summed E-state index contributed by atoms with van der Waals surface area (Å²) in [6, 6.07) is 59.9. The zero-order chi connectivity index (χ0) is 39.7. The first kappa shape index (κ1) is 35.2. The van der Waals surface area contributed by atoms with Crippen LogP contribution in [0.1, 0.15) is 76.3 Å². The van der Waals surface area contributed by atoms with Crippen LogP contribution in [-0.2, 0) is 16.2 Å². The minimum absolute atomic E-state index is 0.0229. The Hall–Kier alpha value is -5.96. The van der Waals surface area contributed by atoms with E-state index in [9.17, 15) is 0 Å². The third-order valence-corrected chi connectivity index (χ3v) is 14.5. The minimum atomic E-state index is -0.165. The maximum atomic E-state index is 2.56. The van der Waals surface area contributed by atoms with Crippen LogP contribution in [0.3, 0.4) is 0 Å². The monoisotopic (exact) mass is 765 g/mol. The van der Waals surface area contributed by atoms with Gasteiger partial charge in [-0.2, -0.15) is 0 Å². The third-order valence-electron chi connectivity index (χ3n) is 13.4. The van der Waals surface area contributed by atoms with E-state index in [2.05, 4.69) is 211 Å². The summed E-state index contributed by atoms with van der Waals surface area (Å²) >= 11 is 1.89. The number of hydrogen-bond acceptors (Lipinski definition) is 2. The van der Waals surface area contributed by atoms with Crippen LogP contribution in [0.2, 0.25) is 0 Å². The van der Waals surface area contributed by atoms with E-state index in [4.69, 9.17) is 0 Å². The van der Waals surface area contributed by atoms with Gasteiger partial charge in [0.1, 0.15) is 0 Å². The number of rotatable bonds is 4. The lowest BCUT2D eigenvalue weighted by molar-refractivity contribution is 0.589. The summed E-state index contributed by atoms with van der Waals surface area (Å²) in [7, 11) is 0. The second-order valence-electron chi connectivity index (χ2n) is 18.5. The quantitative estimate of drug-likeness (QED) is 0.172. The van der Waals surface area contributed by atoms with E-state index in [1.165, 1.54) is 104 Å². The lowest BCUT2D eigenvalue weighted by Gasteiger charge is -2.31. The Morgan fingerprint density at radius 3 is 1.93 bits per heavy atom. The van der Waals surface area contributed by atoms with E-state index in [-0.39, 0.29) is 16.2 Å². The van der Waals surface area contributed by atoms with Gasteiger partial charge in [-0.05, 0) is 114 Å². The van der Waals surface area contributed by atoms with Gasteiger partial charge in [0.15, 0.2) is 0 Å². The van der Waals surface area contributed by atoms with E-state index >= 15 is 0 Å². The molecule has 0 atom stereocenters. The van der Waals surface area contributed by atoms with Crippen LogP contribution in [0.25, 0.3) is 64.3 Å². The number of hydrogen-bond donors (Lipinski definition) is 0. The average molecular weight is 766 g/mol. The number of benzene rings is 8. The molecule has 1 heterocycles. The Bertz CT molecular complexity index is 3170. The van der Waals surface area contributed by atoms with Crippen molar-refractivity contribution in [1.29, 1.82) is 0 Å². The molecule has 1 nitrogen and oxygen atoms in total. The van der Waals surface area contributed by atoms with Gasteiger partial charge in [-0.3, -0.25) is 0 Å². The molecular formula is C56H47NS. The minimum Gasteiger partial charge on any atom is -0.310 e. The largest absolute Gasteiger partial charge is 0.310 e. The third kappa shape index (κ3) is 4.94. The fourth-order valence-electron chi connectivity index (χ4n) is 10.5. The van der Waals surface area contributed by atoms with Gasteiger partial charge in [0.05, 0.1) is 5.69 Å². The number of anilines is 3. The summed E-state index contributed by atoms with van der Waals surface area (Å²) in [6.45, 7) is 16.6. The van der Waals surface area contributed by atoms with Crippen LogP contribution in [0.15, 0.2) is 158 Å². The summed E-state index contributed by atoms with van der Waals surface area (Å²) in [5, 5.41) is 5.13. The Kier molecular flexibility index (Phi) is 7.45. The molecule has 0 N–H and O–H groups in total. The maximum absolute atomic E-state index is 2.56.